The van der Waals surface area contributed by atoms with Crippen molar-refractivity contribution in [3.63, 3.8) is 0 Å². The largest absolute Gasteiger partial charge is 0.493 e. The summed E-state index contributed by atoms with van der Waals surface area (Å²) < 4.78 is 11.2. The molecule has 0 radical (unpaired) electrons. The van der Waals surface area contributed by atoms with Crippen molar-refractivity contribution in [2.45, 2.75) is 46.0 Å². The highest BCUT2D eigenvalue weighted by Crippen LogP contribution is 2.32. The molecule has 0 unspecified atom stereocenters. The van der Waals surface area contributed by atoms with Crippen LogP contribution in [-0.2, 0) is 19.3 Å². The zero-order valence-corrected chi connectivity index (χ0v) is 12.1. The molecular formula is C17H20O3. The van der Waals surface area contributed by atoms with E-state index >= 15 is 0 Å². The molecule has 20 heavy (non-hydrogen) atoms. The monoisotopic (exact) mass is 272 g/mol. The summed E-state index contributed by atoms with van der Waals surface area (Å²) >= 11 is 0. The fourth-order valence-corrected chi connectivity index (χ4v) is 3.11. The number of benzene rings is 1. The average molecular weight is 272 g/mol. The van der Waals surface area contributed by atoms with Crippen molar-refractivity contribution in [1.29, 1.82) is 0 Å². The minimum atomic E-state index is -0.171. The van der Waals surface area contributed by atoms with Crippen LogP contribution in [0.4, 0.5) is 0 Å². The molecule has 3 rings (SSSR count). The average Bonchev–Trinajstić information content (AvgIpc) is 2.91. The van der Waals surface area contributed by atoms with Gasteiger partial charge in [-0.05, 0) is 49.8 Å². The summed E-state index contributed by atoms with van der Waals surface area (Å²) in [4.78, 5) is 12.0. The zero-order chi connectivity index (χ0) is 14.1. The molecule has 106 valence electrons. The maximum atomic E-state index is 12.0. The minimum absolute atomic E-state index is 0.171. The van der Waals surface area contributed by atoms with Crippen molar-refractivity contribution in [2.75, 3.05) is 6.61 Å². The third-order valence-electron chi connectivity index (χ3n) is 3.97. The van der Waals surface area contributed by atoms with E-state index in [1.54, 1.807) is 0 Å². The van der Waals surface area contributed by atoms with Crippen molar-refractivity contribution in [1.82, 2.24) is 0 Å². The number of aryl methyl sites for hydroxylation is 2. The molecule has 3 heteroatoms. The lowest BCUT2D eigenvalue weighted by Gasteiger charge is -2.12. The topological polar surface area (TPSA) is 39.4 Å². The van der Waals surface area contributed by atoms with E-state index in [0.717, 1.165) is 48.8 Å². The second kappa shape index (κ2) is 5.31. The molecular weight excluding hydrogens is 252 g/mol. The van der Waals surface area contributed by atoms with Crippen LogP contribution in [0.1, 0.15) is 43.4 Å². The predicted molar refractivity (Wildman–Crippen MR) is 79.7 cm³/mol. The molecule has 0 fully saturated rings. The van der Waals surface area contributed by atoms with E-state index in [1.165, 1.54) is 11.1 Å². The molecule has 0 saturated heterocycles. The van der Waals surface area contributed by atoms with E-state index in [2.05, 4.69) is 13.0 Å². The van der Waals surface area contributed by atoms with Crippen molar-refractivity contribution in [3.05, 3.63) is 39.2 Å². The summed E-state index contributed by atoms with van der Waals surface area (Å²) in [5.74, 6) is 0.850. The molecule has 0 saturated carbocycles. The van der Waals surface area contributed by atoms with Crippen molar-refractivity contribution in [2.24, 2.45) is 0 Å². The third kappa shape index (κ3) is 2.11. The fraction of sp³-hybridized carbons (Fsp3) is 0.471. The van der Waals surface area contributed by atoms with Gasteiger partial charge in [0.1, 0.15) is 11.3 Å². The van der Waals surface area contributed by atoms with Gasteiger partial charge in [0.25, 0.3) is 0 Å². The first-order chi connectivity index (χ1) is 9.74. The number of hydrogen-bond acceptors (Lipinski definition) is 3. The molecule has 2 aromatic rings. The van der Waals surface area contributed by atoms with Gasteiger partial charge in [-0.3, -0.25) is 0 Å². The third-order valence-corrected chi connectivity index (χ3v) is 3.97. The van der Waals surface area contributed by atoms with E-state index in [-0.39, 0.29) is 5.63 Å². The molecule has 0 bridgehead atoms. The van der Waals surface area contributed by atoms with E-state index < -0.39 is 0 Å². The summed E-state index contributed by atoms with van der Waals surface area (Å²) in [6, 6.07) is 4.06. The van der Waals surface area contributed by atoms with Crippen LogP contribution in [0.5, 0.6) is 5.75 Å². The van der Waals surface area contributed by atoms with Crippen LogP contribution in [-0.4, -0.2) is 6.61 Å². The van der Waals surface area contributed by atoms with Gasteiger partial charge in [-0.25, -0.2) is 4.79 Å². The molecule has 1 aromatic carbocycles. The Morgan fingerprint density at radius 1 is 1.20 bits per heavy atom. The Hall–Kier alpha value is -1.77. The normalized spacial score (nSPS) is 13.7. The zero-order valence-electron chi connectivity index (χ0n) is 12.1. The predicted octanol–water partition coefficient (Wildman–Crippen LogP) is 3.63. The maximum absolute atomic E-state index is 12.0. The van der Waals surface area contributed by atoms with Crippen LogP contribution in [0.2, 0.25) is 0 Å². The van der Waals surface area contributed by atoms with E-state index in [9.17, 15) is 4.79 Å². The van der Waals surface area contributed by atoms with Gasteiger partial charge >= 0.3 is 5.63 Å². The van der Waals surface area contributed by atoms with Gasteiger partial charge in [-0.15, -0.1) is 0 Å². The highest BCUT2D eigenvalue weighted by atomic mass is 16.5. The summed E-state index contributed by atoms with van der Waals surface area (Å²) in [5.41, 5.74) is 3.78. The Labute approximate surface area is 118 Å². The lowest BCUT2D eigenvalue weighted by Crippen LogP contribution is -2.07. The smallest absolute Gasteiger partial charge is 0.339 e. The highest BCUT2D eigenvalue weighted by molar-refractivity contribution is 5.84. The van der Waals surface area contributed by atoms with Crippen molar-refractivity contribution in [3.8, 4) is 5.75 Å². The van der Waals surface area contributed by atoms with Crippen LogP contribution < -0.4 is 10.4 Å². The molecule has 1 aromatic heterocycles. The van der Waals surface area contributed by atoms with Crippen LogP contribution in [0.15, 0.2) is 21.3 Å². The van der Waals surface area contributed by atoms with Gasteiger partial charge in [-0.1, -0.05) is 13.3 Å². The van der Waals surface area contributed by atoms with Crippen LogP contribution in [0, 0.1) is 0 Å². The molecule has 0 aliphatic heterocycles. The summed E-state index contributed by atoms with van der Waals surface area (Å²) in [7, 11) is 0. The molecule has 0 spiro atoms. The van der Waals surface area contributed by atoms with Gasteiger partial charge in [0.15, 0.2) is 0 Å². The number of hydrogen-bond donors (Lipinski definition) is 0. The molecule has 0 amide bonds. The Kier molecular flexibility index (Phi) is 3.51. The Morgan fingerprint density at radius 2 is 2.00 bits per heavy atom. The molecule has 0 N–H and O–H groups in total. The first-order valence-electron chi connectivity index (χ1n) is 7.48. The Morgan fingerprint density at radius 3 is 2.75 bits per heavy atom. The molecule has 1 aliphatic carbocycles. The van der Waals surface area contributed by atoms with Crippen LogP contribution in [0.3, 0.4) is 0 Å². The molecule has 1 heterocycles. The van der Waals surface area contributed by atoms with Gasteiger partial charge in [0.05, 0.1) is 6.61 Å². The number of ether oxygens (including phenoxy) is 1. The summed E-state index contributed by atoms with van der Waals surface area (Å²) in [6.07, 6.45) is 4.94. The molecule has 0 atom stereocenters. The van der Waals surface area contributed by atoms with E-state index in [1.807, 2.05) is 13.0 Å². The number of fused-ring (bicyclic) bond motifs is 3. The standard InChI is InChI=1S/C17H20O3/c1-3-6-11-9-14-12-7-5-8-13(12)17(18)20-16(14)10-15(11)19-4-2/h9-10H,3-8H2,1-2H3. The summed E-state index contributed by atoms with van der Waals surface area (Å²) in [6.45, 7) is 4.76. The van der Waals surface area contributed by atoms with Crippen LogP contribution >= 0.6 is 0 Å². The van der Waals surface area contributed by atoms with Gasteiger partial charge in [-0.2, -0.15) is 0 Å². The Balaban J connectivity index is 2.26. The maximum Gasteiger partial charge on any atom is 0.339 e. The second-order valence-electron chi connectivity index (χ2n) is 5.34. The minimum Gasteiger partial charge on any atom is -0.493 e. The summed E-state index contributed by atoms with van der Waals surface area (Å²) in [5, 5.41) is 1.10. The van der Waals surface area contributed by atoms with Gasteiger partial charge in [0.2, 0.25) is 0 Å². The lowest BCUT2D eigenvalue weighted by atomic mass is 10.0. The number of rotatable bonds is 4. The van der Waals surface area contributed by atoms with Crippen LogP contribution in [0.25, 0.3) is 11.0 Å². The van der Waals surface area contributed by atoms with Crippen molar-refractivity contribution >= 4 is 11.0 Å². The second-order valence-corrected chi connectivity index (χ2v) is 5.34. The van der Waals surface area contributed by atoms with Crippen molar-refractivity contribution < 1.29 is 9.15 Å². The highest BCUT2D eigenvalue weighted by Gasteiger charge is 2.20. The van der Waals surface area contributed by atoms with Gasteiger partial charge < -0.3 is 9.15 Å². The first-order valence-corrected chi connectivity index (χ1v) is 7.48. The SMILES string of the molecule is CCCc1cc2c3c(c(=O)oc2cc1OCC)CCC3. The molecule has 1 aliphatic rings. The van der Waals surface area contributed by atoms with Gasteiger partial charge in [0, 0.05) is 17.0 Å². The van der Waals surface area contributed by atoms with E-state index in [0.29, 0.717) is 12.2 Å². The Bertz CT molecular complexity index is 697. The molecule has 3 nitrogen and oxygen atoms in total. The van der Waals surface area contributed by atoms with E-state index in [4.69, 9.17) is 9.15 Å². The fourth-order valence-electron chi connectivity index (χ4n) is 3.11. The first kappa shape index (κ1) is 13.2. The lowest BCUT2D eigenvalue weighted by molar-refractivity contribution is 0.336. The quantitative estimate of drug-likeness (QED) is 0.798.